The summed E-state index contributed by atoms with van der Waals surface area (Å²) in [7, 11) is 0. The number of amides is 1. The van der Waals surface area contributed by atoms with Gasteiger partial charge in [-0.25, -0.2) is 0 Å². The van der Waals surface area contributed by atoms with Gasteiger partial charge in [-0.2, -0.15) is 0 Å². The van der Waals surface area contributed by atoms with Crippen LogP contribution in [0.5, 0.6) is 0 Å². The van der Waals surface area contributed by atoms with Crippen LogP contribution in [0.4, 0.5) is 0 Å². The number of carbonyl (C=O) groups excluding carboxylic acids is 1. The molecule has 0 aliphatic heterocycles. The minimum absolute atomic E-state index is 0.149. The zero-order chi connectivity index (χ0) is 13.8. The van der Waals surface area contributed by atoms with Crippen molar-refractivity contribution in [3.63, 3.8) is 0 Å². The maximum absolute atomic E-state index is 12.9. The molecule has 112 valence electrons. The van der Waals surface area contributed by atoms with Crippen LogP contribution >= 0.6 is 0 Å². The number of hydrogen-bond donors (Lipinski definition) is 2. The van der Waals surface area contributed by atoms with Gasteiger partial charge in [-0.1, -0.05) is 12.8 Å². The molecule has 0 heterocycles. The molecule has 3 N–H and O–H groups in total. The molecule has 0 aromatic carbocycles. The van der Waals surface area contributed by atoms with Crippen LogP contribution in [0.3, 0.4) is 0 Å². The normalized spacial score (nSPS) is 44.8. The summed E-state index contributed by atoms with van der Waals surface area (Å²) in [6.45, 7) is 0.533. The zero-order valence-corrected chi connectivity index (χ0v) is 12.5. The number of rotatable bonds is 3. The molecule has 4 bridgehead atoms. The molecule has 5 saturated carbocycles. The lowest BCUT2D eigenvalue weighted by molar-refractivity contribution is -0.136. The van der Waals surface area contributed by atoms with Gasteiger partial charge in [-0.05, 0) is 69.1 Å². The largest absolute Gasteiger partial charge is 0.350 e. The first kappa shape index (κ1) is 13.1. The maximum atomic E-state index is 12.9. The minimum atomic E-state index is -0.233. The Labute approximate surface area is 122 Å². The van der Waals surface area contributed by atoms with Gasteiger partial charge >= 0.3 is 0 Å². The van der Waals surface area contributed by atoms with Gasteiger partial charge in [0, 0.05) is 12.1 Å². The van der Waals surface area contributed by atoms with Crippen LogP contribution in [-0.2, 0) is 4.79 Å². The number of nitrogens with two attached hydrogens (primary N) is 1. The Morgan fingerprint density at radius 1 is 1.00 bits per heavy atom. The van der Waals surface area contributed by atoms with Crippen molar-refractivity contribution >= 4 is 5.91 Å². The van der Waals surface area contributed by atoms with Gasteiger partial charge in [0.2, 0.25) is 5.91 Å². The minimum Gasteiger partial charge on any atom is -0.350 e. The van der Waals surface area contributed by atoms with E-state index in [0.717, 1.165) is 30.6 Å². The highest BCUT2D eigenvalue weighted by Crippen LogP contribution is 2.56. The van der Waals surface area contributed by atoms with E-state index in [2.05, 4.69) is 5.32 Å². The molecule has 0 spiro atoms. The Balaban J connectivity index is 1.52. The fourth-order valence-electron chi connectivity index (χ4n) is 6.21. The molecule has 1 amide bonds. The van der Waals surface area contributed by atoms with E-state index < -0.39 is 0 Å². The fourth-order valence-corrected chi connectivity index (χ4v) is 6.21. The van der Waals surface area contributed by atoms with Crippen LogP contribution in [0, 0.1) is 23.2 Å². The van der Waals surface area contributed by atoms with Gasteiger partial charge in [0.1, 0.15) is 0 Å². The van der Waals surface area contributed by atoms with E-state index in [9.17, 15) is 4.79 Å². The number of nitrogens with one attached hydrogen (secondary N) is 1. The monoisotopic (exact) mass is 276 g/mol. The van der Waals surface area contributed by atoms with Crippen molar-refractivity contribution in [2.45, 2.75) is 69.7 Å². The third-order valence-corrected chi connectivity index (χ3v) is 6.85. The van der Waals surface area contributed by atoms with E-state index in [1.54, 1.807) is 0 Å². The summed E-state index contributed by atoms with van der Waals surface area (Å²) in [6.07, 6.45) is 12.4. The predicted molar refractivity (Wildman–Crippen MR) is 79.0 cm³/mol. The van der Waals surface area contributed by atoms with E-state index in [1.807, 2.05) is 0 Å². The highest BCUT2D eigenvalue weighted by molar-refractivity contribution is 5.84. The molecule has 5 rings (SSSR count). The molecule has 5 fully saturated rings. The summed E-state index contributed by atoms with van der Waals surface area (Å²) in [6, 6.07) is 0. The van der Waals surface area contributed by atoms with Gasteiger partial charge in [-0.15, -0.1) is 0 Å². The third-order valence-electron chi connectivity index (χ3n) is 6.85. The third kappa shape index (κ3) is 1.93. The SMILES string of the molecule is NCC1(C(=O)NC23CC4CC(CC(C4)C2)C3)CCCC1. The molecule has 0 saturated heterocycles. The van der Waals surface area contributed by atoms with Crippen molar-refractivity contribution in [2.24, 2.45) is 28.9 Å². The van der Waals surface area contributed by atoms with Crippen molar-refractivity contribution in [2.75, 3.05) is 6.54 Å². The van der Waals surface area contributed by atoms with Crippen LogP contribution in [-0.4, -0.2) is 18.0 Å². The Morgan fingerprint density at radius 2 is 1.50 bits per heavy atom. The van der Waals surface area contributed by atoms with Crippen molar-refractivity contribution in [3.8, 4) is 0 Å². The highest BCUT2D eigenvalue weighted by Gasteiger charge is 2.53. The lowest BCUT2D eigenvalue weighted by atomic mass is 9.53. The molecule has 0 aromatic heterocycles. The molecule has 0 unspecified atom stereocenters. The Hall–Kier alpha value is -0.570. The molecule has 20 heavy (non-hydrogen) atoms. The van der Waals surface area contributed by atoms with Crippen molar-refractivity contribution in [1.29, 1.82) is 0 Å². The highest BCUT2D eigenvalue weighted by atomic mass is 16.2. The average molecular weight is 276 g/mol. The average Bonchev–Trinajstić information content (AvgIpc) is 2.86. The van der Waals surface area contributed by atoms with Crippen molar-refractivity contribution in [1.82, 2.24) is 5.32 Å². The topological polar surface area (TPSA) is 55.1 Å². The summed E-state index contributed by atoms with van der Waals surface area (Å²) >= 11 is 0. The first-order valence-corrected chi connectivity index (χ1v) is 8.66. The summed E-state index contributed by atoms with van der Waals surface area (Å²) in [5, 5.41) is 3.54. The van der Waals surface area contributed by atoms with Gasteiger partial charge in [0.25, 0.3) is 0 Å². The predicted octanol–water partition coefficient (Wildman–Crippen LogP) is 2.59. The second-order valence-electron chi connectivity index (χ2n) is 8.34. The second kappa shape index (κ2) is 4.46. The van der Waals surface area contributed by atoms with E-state index in [-0.39, 0.29) is 11.0 Å². The molecule has 3 heteroatoms. The first-order valence-electron chi connectivity index (χ1n) is 8.66. The Morgan fingerprint density at radius 3 is 1.95 bits per heavy atom. The molecule has 5 aliphatic carbocycles. The Kier molecular flexibility index (Phi) is 2.93. The second-order valence-corrected chi connectivity index (χ2v) is 8.34. The lowest BCUT2D eigenvalue weighted by Crippen LogP contribution is -2.62. The van der Waals surface area contributed by atoms with Gasteiger partial charge in [0.05, 0.1) is 5.41 Å². The first-order chi connectivity index (χ1) is 9.63. The van der Waals surface area contributed by atoms with E-state index in [0.29, 0.717) is 12.5 Å². The van der Waals surface area contributed by atoms with E-state index >= 15 is 0 Å². The van der Waals surface area contributed by atoms with Gasteiger partial charge in [-0.3, -0.25) is 4.79 Å². The maximum Gasteiger partial charge on any atom is 0.227 e. The molecule has 0 atom stereocenters. The van der Waals surface area contributed by atoms with Crippen LogP contribution in [0.1, 0.15) is 64.2 Å². The van der Waals surface area contributed by atoms with E-state index in [4.69, 9.17) is 5.73 Å². The van der Waals surface area contributed by atoms with Crippen LogP contribution in [0.15, 0.2) is 0 Å². The van der Waals surface area contributed by atoms with Crippen molar-refractivity contribution < 1.29 is 4.79 Å². The van der Waals surface area contributed by atoms with Crippen LogP contribution in [0.25, 0.3) is 0 Å². The summed E-state index contributed by atoms with van der Waals surface area (Å²) in [5.41, 5.74) is 5.89. The molecule has 5 aliphatic rings. The molecular formula is C17H28N2O. The van der Waals surface area contributed by atoms with Crippen LogP contribution in [0.2, 0.25) is 0 Å². The van der Waals surface area contributed by atoms with Crippen LogP contribution < -0.4 is 11.1 Å². The van der Waals surface area contributed by atoms with Gasteiger partial charge < -0.3 is 11.1 Å². The van der Waals surface area contributed by atoms with Crippen molar-refractivity contribution in [3.05, 3.63) is 0 Å². The van der Waals surface area contributed by atoms with E-state index in [1.165, 1.54) is 51.4 Å². The smallest absolute Gasteiger partial charge is 0.227 e. The van der Waals surface area contributed by atoms with Gasteiger partial charge in [0.15, 0.2) is 0 Å². The molecule has 0 aromatic rings. The molecular weight excluding hydrogens is 248 g/mol. The quantitative estimate of drug-likeness (QED) is 0.832. The summed E-state index contributed by atoms with van der Waals surface area (Å²) in [5.74, 6) is 2.95. The molecule has 0 radical (unpaired) electrons. The lowest BCUT2D eigenvalue weighted by Gasteiger charge is -2.57. The fraction of sp³-hybridized carbons (Fsp3) is 0.941. The zero-order valence-electron chi connectivity index (χ0n) is 12.5. The summed E-state index contributed by atoms with van der Waals surface area (Å²) < 4.78 is 0. The summed E-state index contributed by atoms with van der Waals surface area (Å²) in [4.78, 5) is 12.9. The standard InChI is InChI=1S/C17H28N2O/c18-11-16(3-1-2-4-16)15(20)19-17-8-12-5-13(9-17)7-14(6-12)10-17/h12-14H,1-11,18H2,(H,19,20). The Bertz CT molecular complexity index is 376. The number of hydrogen-bond acceptors (Lipinski definition) is 2. The molecule has 3 nitrogen and oxygen atoms in total. The number of carbonyl (C=O) groups is 1.